The van der Waals surface area contributed by atoms with Gasteiger partial charge in [0, 0.05) is 4.47 Å². The van der Waals surface area contributed by atoms with E-state index in [4.69, 9.17) is 10.5 Å². The van der Waals surface area contributed by atoms with Gasteiger partial charge < -0.3 is 10.5 Å². The maximum Gasteiger partial charge on any atom is 0.340 e. The summed E-state index contributed by atoms with van der Waals surface area (Å²) in [6.45, 7) is 2.42. The van der Waals surface area contributed by atoms with Crippen LogP contribution in [0.5, 0.6) is 0 Å². The SMILES string of the molecule is CCCOC(=O)c1c(N)c(Br)cc2c1CCC2. The number of carbonyl (C=O) groups excluding carboxylic acids is 1. The van der Waals surface area contributed by atoms with Gasteiger partial charge in [-0.05, 0) is 58.8 Å². The number of carbonyl (C=O) groups is 1. The number of aryl methyl sites for hydroxylation is 1. The molecule has 0 saturated heterocycles. The Labute approximate surface area is 109 Å². The van der Waals surface area contributed by atoms with Crippen LogP contribution in [0.25, 0.3) is 0 Å². The van der Waals surface area contributed by atoms with Crippen molar-refractivity contribution in [3.8, 4) is 0 Å². The van der Waals surface area contributed by atoms with Gasteiger partial charge in [0.15, 0.2) is 0 Å². The van der Waals surface area contributed by atoms with Crippen molar-refractivity contribution >= 4 is 27.6 Å². The normalized spacial score (nSPS) is 13.5. The molecule has 0 radical (unpaired) electrons. The van der Waals surface area contributed by atoms with E-state index in [0.717, 1.165) is 35.7 Å². The summed E-state index contributed by atoms with van der Waals surface area (Å²) in [5.74, 6) is -0.288. The lowest BCUT2D eigenvalue weighted by Crippen LogP contribution is -2.12. The molecular formula is C13H16BrNO2. The van der Waals surface area contributed by atoms with Crippen LogP contribution in [-0.4, -0.2) is 12.6 Å². The second-order valence-corrected chi connectivity index (χ2v) is 5.13. The van der Waals surface area contributed by atoms with Crippen LogP contribution in [0, 0.1) is 0 Å². The Kier molecular flexibility index (Phi) is 3.72. The Morgan fingerprint density at radius 3 is 3.00 bits per heavy atom. The van der Waals surface area contributed by atoms with E-state index in [-0.39, 0.29) is 5.97 Å². The number of rotatable bonds is 3. The van der Waals surface area contributed by atoms with E-state index in [1.807, 2.05) is 13.0 Å². The van der Waals surface area contributed by atoms with Crippen LogP contribution in [0.1, 0.15) is 41.3 Å². The number of ether oxygens (including phenoxy) is 1. The number of anilines is 1. The summed E-state index contributed by atoms with van der Waals surface area (Å²) in [7, 11) is 0. The Morgan fingerprint density at radius 1 is 1.53 bits per heavy atom. The van der Waals surface area contributed by atoms with Crippen molar-refractivity contribution in [2.75, 3.05) is 12.3 Å². The van der Waals surface area contributed by atoms with Crippen LogP contribution in [0.15, 0.2) is 10.5 Å². The van der Waals surface area contributed by atoms with Crippen molar-refractivity contribution in [3.05, 3.63) is 27.2 Å². The molecule has 3 nitrogen and oxygen atoms in total. The average molecular weight is 298 g/mol. The van der Waals surface area contributed by atoms with E-state index in [1.54, 1.807) is 0 Å². The molecule has 1 aromatic rings. The summed E-state index contributed by atoms with van der Waals surface area (Å²) in [6.07, 6.45) is 3.84. The van der Waals surface area contributed by atoms with Crippen LogP contribution in [0.2, 0.25) is 0 Å². The third kappa shape index (κ3) is 2.32. The first-order chi connectivity index (χ1) is 8.15. The van der Waals surface area contributed by atoms with Gasteiger partial charge in [-0.2, -0.15) is 0 Å². The van der Waals surface area contributed by atoms with E-state index < -0.39 is 0 Å². The number of hydrogen-bond donors (Lipinski definition) is 1. The first kappa shape index (κ1) is 12.4. The first-order valence-corrected chi connectivity index (χ1v) is 6.71. The van der Waals surface area contributed by atoms with E-state index in [0.29, 0.717) is 17.9 Å². The van der Waals surface area contributed by atoms with Gasteiger partial charge in [0.05, 0.1) is 17.9 Å². The van der Waals surface area contributed by atoms with Crippen LogP contribution >= 0.6 is 15.9 Å². The zero-order valence-electron chi connectivity index (χ0n) is 9.88. The maximum atomic E-state index is 12.0. The average Bonchev–Trinajstić information content (AvgIpc) is 2.74. The molecule has 17 heavy (non-hydrogen) atoms. The summed E-state index contributed by atoms with van der Waals surface area (Å²) in [4.78, 5) is 12.0. The summed E-state index contributed by atoms with van der Waals surface area (Å²) in [5, 5.41) is 0. The molecule has 1 aliphatic rings. The van der Waals surface area contributed by atoms with E-state index in [9.17, 15) is 4.79 Å². The number of halogens is 1. The molecule has 0 fully saturated rings. The number of benzene rings is 1. The molecule has 0 heterocycles. The van der Waals surface area contributed by atoms with Gasteiger partial charge in [0.25, 0.3) is 0 Å². The van der Waals surface area contributed by atoms with Crippen LogP contribution in [0.3, 0.4) is 0 Å². The zero-order valence-corrected chi connectivity index (χ0v) is 11.5. The molecule has 0 amide bonds. The topological polar surface area (TPSA) is 52.3 Å². The lowest BCUT2D eigenvalue weighted by atomic mass is 10.0. The van der Waals surface area contributed by atoms with Gasteiger partial charge in [-0.1, -0.05) is 6.92 Å². The van der Waals surface area contributed by atoms with Gasteiger partial charge in [0.2, 0.25) is 0 Å². The molecule has 2 rings (SSSR count). The highest BCUT2D eigenvalue weighted by molar-refractivity contribution is 9.10. The van der Waals surface area contributed by atoms with Crippen molar-refractivity contribution in [2.24, 2.45) is 0 Å². The van der Waals surface area contributed by atoms with Crippen molar-refractivity contribution in [2.45, 2.75) is 32.6 Å². The number of hydrogen-bond acceptors (Lipinski definition) is 3. The lowest BCUT2D eigenvalue weighted by molar-refractivity contribution is 0.0505. The largest absolute Gasteiger partial charge is 0.462 e. The molecule has 0 spiro atoms. The smallest absolute Gasteiger partial charge is 0.340 e. The van der Waals surface area contributed by atoms with Gasteiger partial charge >= 0.3 is 5.97 Å². The van der Waals surface area contributed by atoms with Crippen molar-refractivity contribution in [1.82, 2.24) is 0 Å². The minimum Gasteiger partial charge on any atom is -0.462 e. The fourth-order valence-electron chi connectivity index (χ4n) is 2.22. The second-order valence-electron chi connectivity index (χ2n) is 4.27. The summed E-state index contributed by atoms with van der Waals surface area (Å²) >= 11 is 3.40. The lowest BCUT2D eigenvalue weighted by Gasteiger charge is -2.12. The van der Waals surface area contributed by atoms with Gasteiger partial charge in [-0.3, -0.25) is 0 Å². The van der Waals surface area contributed by atoms with Crippen LogP contribution in [-0.2, 0) is 17.6 Å². The second kappa shape index (κ2) is 5.08. The van der Waals surface area contributed by atoms with E-state index in [2.05, 4.69) is 15.9 Å². The van der Waals surface area contributed by atoms with Crippen LogP contribution in [0.4, 0.5) is 5.69 Å². The molecule has 0 atom stereocenters. The Bertz CT molecular complexity index is 457. The molecular weight excluding hydrogens is 282 g/mol. The Hall–Kier alpha value is -1.03. The first-order valence-electron chi connectivity index (χ1n) is 5.92. The predicted molar refractivity (Wildman–Crippen MR) is 71.2 cm³/mol. The zero-order chi connectivity index (χ0) is 12.4. The van der Waals surface area contributed by atoms with Crippen molar-refractivity contribution < 1.29 is 9.53 Å². The highest BCUT2D eigenvalue weighted by Crippen LogP contribution is 2.35. The molecule has 0 aromatic heterocycles. The molecule has 0 saturated carbocycles. The molecule has 92 valence electrons. The number of nitrogens with two attached hydrogens (primary N) is 1. The van der Waals surface area contributed by atoms with Crippen LogP contribution < -0.4 is 5.73 Å². The highest BCUT2D eigenvalue weighted by atomic mass is 79.9. The van der Waals surface area contributed by atoms with Crippen molar-refractivity contribution in [3.63, 3.8) is 0 Å². The Morgan fingerprint density at radius 2 is 2.29 bits per heavy atom. The molecule has 0 unspecified atom stereocenters. The number of fused-ring (bicyclic) bond motifs is 1. The third-order valence-corrected chi connectivity index (χ3v) is 3.69. The fraction of sp³-hybridized carbons (Fsp3) is 0.462. The minimum atomic E-state index is -0.288. The van der Waals surface area contributed by atoms with Crippen molar-refractivity contribution in [1.29, 1.82) is 0 Å². The fourth-order valence-corrected chi connectivity index (χ4v) is 2.70. The standard InChI is InChI=1S/C13H16BrNO2/c1-2-6-17-13(16)11-9-5-3-4-8(9)7-10(14)12(11)15/h7H,2-6,15H2,1H3. The summed E-state index contributed by atoms with van der Waals surface area (Å²) < 4.78 is 5.99. The molecule has 1 aliphatic carbocycles. The van der Waals surface area contributed by atoms with Gasteiger partial charge in [0.1, 0.15) is 0 Å². The predicted octanol–water partition coefficient (Wildman–Crippen LogP) is 3.09. The third-order valence-electron chi connectivity index (χ3n) is 3.03. The number of nitrogen functional groups attached to an aromatic ring is 1. The molecule has 0 bridgehead atoms. The highest BCUT2D eigenvalue weighted by Gasteiger charge is 2.24. The number of esters is 1. The maximum absolute atomic E-state index is 12.0. The molecule has 2 N–H and O–H groups in total. The molecule has 1 aromatic carbocycles. The van der Waals surface area contributed by atoms with Gasteiger partial charge in [-0.25, -0.2) is 4.79 Å². The van der Waals surface area contributed by atoms with E-state index >= 15 is 0 Å². The minimum absolute atomic E-state index is 0.288. The monoisotopic (exact) mass is 297 g/mol. The van der Waals surface area contributed by atoms with Gasteiger partial charge in [-0.15, -0.1) is 0 Å². The quantitative estimate of drug-likeness (QED) is 0.689. The Balaban J connectivity index is 2.41. The summed E-state index contributed by atoms with van der Waals surface area (Å²) in [5.41, 5.74) is 9.35. The molecule has 4 heteroatoms. The summed E-state index contributed by atoms with van der Waals surface area (Å²) in [6, 6.07) is 2.02. The molecule has 0 aliphatic heterocycles. The van der Waals surface area contributed by atoms with E-state index in [1.165, 1.54) is 5.56 Å².